The number of hydrogen-bond donors (Lipinski definition) is 0. The van der Waals surface area contributed by atoms with Gasteiger partial charge < -0.3 is 9.80 Å². The fraction of sp³-hybridized carbons (Fsp3) is 0.650. The summed E-state index contributed by atoms with van der Waals surface area (Å²) >= 11 is 0. The molecule has 1 amide bonds. The Morgan fingerprint density at radius 2 is 1.81 bits per heavy atom. The van der Waals surface area contributed by atoms with Crippen LogP contribution in [0, 0.1) is 0 Å². The van der Waals surface area contributed by atoms with Crippen molar-refractivity contribution in [1.82, 2.24) is 14.1 Å². The second-order valence-electron chi connectivity index (χ2n) is 7.73. The second kappa shape index (κ2) is 8.29. The van der Waals surface area contributed by atoms with Crippen LogP contribution in [0.4, 0.5) is 0 Å². The Hall–Kier alpha value is -1.44. The van der Waals surface area contributed by atoms with Crippen LogP contribution in [0.25, 0.3) is 0 Å². The number of rotatable bonds is 3. The van der Waals surface area contributed by atoms with Crippen LogP contribution in [-0.4, -0.2) is 74.2 Å². The molecule has 0 spiro atoms. The smallest absolute Gasteiger partial charge is 0.243 e. The molecule has 0 bridgehead atoms. The average Bonchev–Trinajstić information content (AvgIpc) is 2.96. The first-order valence-corrected chi connectivity index (χ1v) is 11.3. The van der Waals surface area contributed by atoms with Gasteiger partial charge in [-0.1, -0.05) is 13.0 Å². The van der Waals surface area contributed by atoms with Gasteiger partial charge in [-0.3, -0.25) is 4.79 Å². The highest BCUT2D eigenvalue weighted by Crippen LogP contribution is 2.26. The summed E-state index contributed by atoms with van der Waals surface area (Å²) in [5.41, 5.74) is 2.21. The number of fused-ring (bicyclic) bond motifs is 1. The molecule has 0 aromatic heterocycles. The first-order valence-electron chi connectivity index (χ1n) is 9.90. The second-order valence-corrected chi connectivity index (χ2v) is 9.62. The lowest BCUT2D eigenvalue weighted by atomic mass is 10.0. The van der Waals surface area contributed by atoms with Crippen LogP contribution in [-0.2, 0) is 27.7 Å². The molecule has 7 heteroatoms. The number of benzene rings is 1. The summed E-state index contributed by atoms with van der Waals surface area (Å²) in [6.07, 6.45) is 3.15. The lowest BCUT2D eigenvalue weighted by Gasteiger charge is -2.29. The Morgan fingerprint density at radius 3 is 2.48 bits per heavy atom. The van der Waals surface area contributed by atoms with E-state index in [2.05, 4.69) is 18.9 Å². The molecule has 0 saturated carbocycles. The third-order valence-corrected chi connectivity index (χ3v) is 7.80. The van der Waals surface area contributed by atoms with E-state index in [0.29, 0.717) is 31.0 Å². The van der Waals surface area contributed by atoms with E-state index in [1.54, 1.807) is 17.3 Å². The third kappa shape index (κ3) is 4.36. The summed E-state index contributed by atoms with van der Waals surface area (Å²) in [6.45, 7) is 7.26. The van der Waals surface area contributed by atoms with Gasteiger partial charge in [-0.05, 0) is 62.5 Å². The highest BCUT2D eigenvalue weighted by atomic mass is 32.2. The molecule has 0 radical (unpaired) electrons. The summed E-state index contributed by atoms with van der Waals surface area (Å²) in [5, 5.41) is 0. The molecule has 27 heavy (non-hydrogen) atoms. The molecule has 1 fully saturated rings. The van der Waals surface area contributed by atoms with E-state index >= 15 is 0 Å². The Labute approximate surface area is 163 Å². The molecule has 3 rings (SSSR count). The molecule has 1 saturated heterocycles. The summed E-state index contributed by atoms with van der Waals surface area (Å²) < 4.78 is 28.5. The lowest BCUT2D eigenvalue weighted by molar-refractivity contribution is -0.128. The minimum atomic E-state index is -3.52. The van der Waals surface area contributed by atoms with Crippen LogP contribution < -0.4 is 0 Å². The highest BCUT2D eigenvalue weighted by molar-refractivity contribution is 7.89. The van der Waals surface area contributed by atoms with E-state index in [9.17, 15) is 13.2 Å². The van der Waals surface area contributed by atoms with E-state index in [1.165, 1.54) is 0 Å². The van der Waals surface area contributed by atoms with Crippen LogP contribution in [0.5, 0.6) is 0 Å². The molecule has 2 aliphatic heterocycles. The molecule has 2 aliphatic rings. The van der Waals surface area contributed by atoms with Gasteiger partial charge in [0.15, 0.2) is 0 Å². The first-order chi connectivity index (χ1) is 12.8. The quantitative estimate of drug-likeness (QED) is 0.785. The molecule has 1 unspecified atom stereocenters. The predicted octanol–water partition coefficient (Wildman–Crippen LogP) is 1.74. The van der Waals surface area contributed by atoms with Gasteiger partial charge in [-0.25, -0.2) is 8.42 Å². The van der Waals surface area contributed by atoms with Crippen LogP contribution in [0.15, 0.2) is 23.1 Å². The summed E-state index contributed by atoms with van der Waals surface area (Å²) in [5.74, 6) is 0.0788. The number of carbonyl (C=O) groups excluding carboxylic acids is 1. The average molecular weight is 394 g/mol. The summed E-state index contributed by atoms with van der Waals surface area (Å²) in [6, 6.07) is 5.54. The van der Waals surface area contributed by atoms with Crippen LogP contribution in [0.1, 0.15) is 37.8 Å². The van der Waals surface area contributed by atoms with Crippen molar-refractivity contribution in [2.45, 2.75) is 50.5 Å². The van der Waals surface area contributed by atoms with Gasteiger partial charge in [0.2, 0.25) is 15.9 Å². The zero-order valence-electron chi connectivity index (χ0n) is 16.6. The van der Waals surface area contributed by atoms with Crippen LogP contribution in [0.2, 0.25) is 0 Å². The largest absolute Gasteiger partial charge is 0.342 e. The fourth-order valence-electron chi connectivity index (χ4n) is 4.18. The maximum Gasteiger partial charge on any atom is 0.243 e. The van der Waals surface area contributed by atoms with Crippen molar-refractivity contribution in [1.29, 1.82) is 0 Å². The Bertz CT molecular complexity index is 794. The zero-order valence-corrected chi connectivity index (χ0v) is 17.5. The number of carbonyl (C=O) groups is 1. The molecule has 0 aliphatic carbocycles. The number of sulfonamides is 1. The Balaban J connectivity index is 1.88. The SMILES string of the molecule is CCC1CN(C)CCCN1S(=O)(=O)c1ccc2c(c1)CCN(C(C)=O)CC2. The topological polar surface area (TPSA) is 60.9 Å². The maximum atomic E-state index is 13.4. The fourth-order valence-corrected chi connectivity index (χ4v) is 5.96. The molecular formula is C20H31N3O3S. The van der Waals surface area contributed by atoms with Crippen molar-refractivity contribution in [3.05, 3.63) is 29.3 Å². The summed E-state index contributed by atoms with van der Waals surface area (Å²) in [7, 11) is -1.46. The Kier molecular flexibility index (Phi) is 6.23. The van der Waals surface area contributed by atoms with E-state index < -0.39 is 10.0 Å². The van der Waals surface area contributed by atoms with Gasteiger partial charge in [0, 0.05) is 39.1 Å². The third-order valence-electron chi connectivity index (χ3n) is 5.85. The minimum Gasteiger partial charge on any atom is -0.342 e. The van der Waals surface area contributed by atoms with Crippen molar-refractivity contribution in [2.75, 3.05) is 39.8 Å². The molecule has 2 heterocycles. The molecule has 1 atom stereocenters. The lowest BCUT2D eigenvalue weighted by Crippen LogP contribution is -2.43. The van der Waals surface area contributed by atoms with E-state index in [-0.39, 0.29) is 11.9 Å². The predicted molar refractivity (Wildman–Crippen MR) is 106 cm³/mol. The minimum absolute atomic E-state index is 0.00881. The van der Waals surface area contributed by atoms with Crippen molar-refractivity contribution in [3.8, 4) is 0 Å². The normalized spacial score (nSPS) is 22.8. The van der Waals surface area contributed by atoms with E-state index in [4.69, 9.17) is 0 Å². The number of amides is 1. The van der Waals surface area contributed by atoms with Gasteiger partial charge >= 0.3 is 0 Å². The van der Waals surface area contributed by atoms with Gasteiger partial charge in [0.05, 0.1) is 4.90 Å². The van der Waals surface area contributed by atoms with Gasteiger partial charge in [-0.2, -0.15) is 4.31 Å². The van der Waals surface area contributed by atoms with Crippen molar-refractivity contribution in [3.63, 3.8) is 0 Å². The highest BCUT2D eigenvalue weighted by Gasteiger charge is 2.33. The monoisotopic (exact) mass is 393 g/mol. The maximum absolute atomic E-state index is 13.4. The van der Waals surface area contributed by atoms with E-state index in [0.717, 1.165) is 43.5 Å². The number of nitrogens with zero attached hydrogens (tertiary/aromatic N) is 3. The van der Waals surface area contributed by atoms with E-state index in [1.807, 2.05) is 17.0 Å². The zero-order chi connectivity index (χ0) is 19.6. The molecule has 150 valence electrons. The molecular weight excluding hydrogens is 362 g/mol. The van der Waals surface area contributed by atoms with Crippen LogP contribution >= 0.6 is 0 Å². The molecule has 1 aromatic carbocycles. The van der Waals surface area contributed by atoms with Crippen molar-refractivity contribution < 1.29 is 13.2 Å². The van der Waals surface area contributed by atoms with Gasteiger partial charge in [0.1, 0.15) is 0 Å². The number of likely N-dealkylation sites (N-methyl/N-ethyl adjacent to an activating group) is 1. The van der Waals surface area contributed by atoms with Crippen molar-refractivity contribution in [2.24, 2.45) is 0 Å². The molecule has 0 N–H and O–H groups in total. The van der Waals surface area contributed by atoms with Crippen LogP contribution in [0.3, 0.4) is 0 Å². The Morgan fingerprint density at radius 1 is 1.11 bits per heavy atom. The molecule has 1 aromatic rings. The standard InChI is InChI=1S/C20H31N3O3S/c1-4-19-15-21(3)10-5-11-23(19)27(25,26)20-7-6-17-8-12-22(16(2)24)13-9-18(17)14-20/h6-7,14,19H,4-5,8-13,15H2,1-3H3. The number of hydrogen-bond acceptors (Lipinski definition) is 4. The summed E-state index contributed by atoms with van der Waals surface area (Å²) in [4.78, 5) is 16.1. The molecule has 6 nitrogen and oxygen atoms in total. The first kappa shape index (κ1) is 20.3. The van der Waals surface area contributed by atoms with Gasteiger partial charge in [-0.15, -0.1) is 0 Å². The van der Waals surface area contributed by atoms with Gasteiger partial charge in [0.25, 0.3) is 0 Å². The van der Waals surface area contributed by atoms with Crippen molar-refractivity contribution >= 4 is 15.9 Å².